The van der Waals surface area contributed by atoms with Gasteiger partial charge in [0.2, 0.25) is 20.0 Å². The van der Waals surface area contributed by atoms with E-state index in [0.29, 0.717) is 12.8 Å². The normalized spacial score (nSPS) is 13.0. The van der Waals surface area contributed by atoms with E-state index in [0.717, 1.165) is 49.7 Å². The Balaban J connectivity index is 2.52. The molecule has 0 N–H and O–H groups in total. The van der Waals surface area contributed by atoms with Crippen molar-refractivity contribution in [1.29, 1.82) is 0 Å². The van der Waals surface area contributed by atoms with Crippen LogP contribution >= 0.6 is 0 Å². The molecular formula is C36H48N2O4S2. The van der Waals surface area contributed by atoms with Crippen LogP contribution in [0.3, 0.4) is 0 Å². The molecule has 0 radical (unpaired) electrons. The number of aryl methyl sites for hydroxylation is 2. The van der Waals surface area contributed by atoms with Crippen LogP contribution in [0.5, 0.6) is 0 Å². The number of benzene rings is 2. The van der Waals surface area contributed by atoms with Crippen LogP contribution in [0.25, 0.3) is 0 Å². The predicted molar refractivity (Wildman–Crippen MR) is 181 cm³/mol. The average Bonchev–Trinajstić information content (AvgIpc) is 2.99. The molecule has 0 fully saturated rings. The standard InChI is InChI=1S/C36H48N2O4S2/c1-7-11-13-19-33(17-9-3)37(43(39,40)35-25-21-31(5)22-26-35)29-15-16-30-38(34(18-10-4)20-14-12-8-2)44(41,42)36-27-23-32(6)24-28-36/h17-18,21-28,33-34H,3-4,7-8,11-14,19-20,29-30H2,1-2,5-6H3/t33-,34-/m0/s1. The van der Waals surface area contributed by atoms with Gasteiger partial charge in [0, 0.05) is 0 Å². The number of unbranched alkanes of at least 4 members (excludes halogenated alkanes) is 4. The van der Waals surface area contributed by atoms with Crippen molar-refractivity contribution in [2.75, 3.05) is 13.1 Å². The summed E-state index contributed by atoms with van der Waals surface area (Å²) in [5.74, 6) is 6.00. The summed E-state index contributed by atoms with van der Waals surface area (Å²) in [6, 6.07) is 12.5. The van der Waals surface area contributed by atoms with E-state index < -0.39 is 32.1 Å². The van der Waals surface area contributed by atoms with Gasteiger partial charge in [-0.15, -0.1) is 11.5 Å². The van der Waals surface area contributed by atoms with Crippen molar-refractivity contribution < 1.29 is 16.8 Å². The van der Waals surface area contributed by atoms with E-state index in [1.54, 1.807) is 60.7 Å². The highest BCUT2D eigenvalue weighted by Crippen LogP contribution is 2.24. The van der Waals surface area contributed by atoms with Crippen molar-refractivity contribution in [3.63, 3.8) is 0 Å². The van der Waals surface area contributed by atoms with E-state index in [1.165, 1.54) is 8.61 Å². The van der Waals surface area contributed by atoms with Crippen LogP contribution < -0.4 is 0 Å². The summed E-state index contributed by atoms with van der Waals surface area (Å²) < 4.78 is 58.3. The summed E-state index contributed by atoms with van der Waals surface area (Å²) in [5.41, 5.74) is 7.47. The second kappa shape index (κ2) is 18.6. The van der Waals surface area contributed by atoms with Crippen molar-refractivity contribution >= 4 is 20.0 Å². The first-order chi connectivity index (χ1) is 21.0. The van der Waals surface area contributed by atoms with Crippen LogP contribution in [0.15, 0.2) is 95.1 Å². The molecule has 0 unspecified atom stereocenters. The minimum atomic E-state index is -3.92. The summed E-state index contributed by atoms with van der Waals surface area (Å²) in [6.45, 7) is 15.2. The van der Waals surface area contributed by atoms with E-state index in [2.05, 4.69) is 50.3 Å². The van der Waals surface area contributed by atoms with Gasteiger partial charge in [-0.25, -0.2) is 16.8 Å². The van der Waals surface area contributed by atoms with E-state index in [1.807, 2.05) is 13.8 Å². The highest BCUT2D eigenvalue weighted by atomic mass is 32.2. The molecule has 0 saturated heterocycles. The van der Waals surface area contributed by atoms with Gasteiger partial charge < -0.3 is 0 Å². The van der Waals surface area contributed by atoms with Gasteiger partial charge in [0.1, 0.15) is 0 Å². The van der Waals surface area contributed by atoms with E-state index in [9.17, 15) is 16.8 Å². The van der Waals surface area contributed by atoms with Crippen LogP contribution in [0.1, 0.15) is 76.3 Å². The highest BCUT2D eigenvalue weighted by Gasteiger charge is 2.31. The van der Waals surface area contributed by atoms with E-state index >= 15 is 0 Å². The van der Waals surface area contributed by atoms with Crippen molar-refractivity contribution in [3.05, 3.63) is 96.4 Å². The zero-order chi connectivity index (χ0) is 32.6. The minimum absolute atomic E-state index is 0.110. The van der Waals surface area contributed by atoms with Crippen molar-refractivity contribution in [1.82, 2.24) is 8.61 Å². The maximum Gasteiger partial charge on any atom is 0.244 e. The number of hydrogen-bond acceptors (Lipinski definition) is 4. The summed E-state index contributed by atoms with van der Waals surface area (Å²) in [7, 11) is -7.83. The molecule has 0 amide bonds. The molecule has 0 aliphatic rings. The molecule has 0 aliphatic heterocycles. The molecule has 2 atom stereocenters. The molecule has 0 heterocycles. The molecular weight excluding hydrogens is 589 g/mol. The summed E-state index contributed by atoms with van der Waals surface area (Å²) >= 11 is 0. The van der Waals surface area contributed by atoms with Gasteiger partial charge in [0.25, 0.3) is 0 Å². The van der Waals surface area contributed by atoms with Crippen LogP contribution in [-0.2, 0) is 20.0 Å². The van der Waals surface area contributed by atoms with E-state index in [-0.39, 0.29) is 22.9 Å². The molecule has 44 heavy (non-hydrogen) atoms. The summed E-state index contributed by atoms with van der Waals surface area (Å²) in [6.07, 6.45) is 10.2. The third kappa shape index (κ3) is 10.8. The Kier molecular flexibility index (Phi) is 15.7. The lowest BCUT2D eigenvalue weighted by Crippen LogP contribution is -2.40. The Hall–Kier alpha value is -3.14. The smallest absolute Gasteiger partial charge is 0.207 e. The van der Waals surface area contributed by atoms with Gasteiger partial charge >= 0.3 is 0 Å². The van der Waals surface area contributed by atoms with Crippen molar-refractivity contribution in [2.24, 2.45) is 0 Å². The van der Waals surface area contributed by atoms with Crippen LogP contribution in [0, 0.1) is 25.7 Å². The minimum Gasteiger partial charge on any atom is -0.207 e. The topological polar surface area (TPSA) is 74.8 Å². The lowest BCUT2D eigenvalue weighted by Gasteiger charge is -2.28. The molecule has 0 spiro atoms. The lowest BCUT2D eigenvalue weighted by atomic mass is 10.1. The fraction of sp³-hybridized carbons (Fsp3) is 0.444. The quantitative estimate of drug-likeness (QED) is 0.0961. The lowest BCUT2D eigenvalue weighted by molar-refractivity contribution is 0.364. The number of nitrogens with zero attached hydrogens (tertiary/aromatic N) is 2. The first kappa shape index (κ1) is 37.0. The number of rotatable bonds is 18. The van der Waals surface area contributed by atoms with Crippen LogP contribution in [0.2, 0.25) is 0 Å². The van der Waals surface area contributed by atoms with E-state index in [4.69, 9.17) is 0 Å². The molecule has 0 saturated carbocycles. The van der Waals surface area contributed by atoms with Crippen LogP contribution in [0.4, 0.5) is 0 Å². The van der Waals surface area contributed by atoms with Crippen LogP contribution in [-0.4, -0.2) is 50.6 Å². The largest absolute Gasteiger partial charge is 0.244 e. The van der Waals surface area contributed by atoms with Gasteiger partial charge in [-0.05, 0) is 63.1 Å². The Morgan fingerprint density at radius 2 is 0.977 bits per heavy atom. The molecule has 6 nitrogen and oxygen atoms in total. The number of hydrogen-bond donors (Lipinski definition) is 0. The fourth-order valence-electron chi connectivity index (χ4n) is 4.82. The third-order valence-electron chi connectivity index (χ3n) is 7.42. The first-order valence-corrected chi connectivity index (χ1v) is 18.3. The average molecular weight is 637 g/mol. The van der Waals surface area contributed by atoms with Gasteiger partial charge in [-0.3, -0.25) is 0 Å². The first-order valence-electron chi connectivity index (χ1n) is 15.4. The van der Waals surface area contributed by atoms with Crippen molar-refractivity contribution in [2.45, 2.75) is 101 Å². The maximum absolute atomic E-state index is 13.9. The zero-order valence-corrected chi connectivity index (χ0v) is 28.4. The second-order valence-electron chi connectivity index (χ2n) is 10.9. The molecule has 8 heteroatoms. The molecule has 0 aliphatic carbocycles. The Morgan fingerprint density at radius 1 is 0.636 bits per heavy atom. The van der Waals surface area contributed by atoms with Gasteiger partial charge in [0.15, 0.2) is 0 Å². The molecule has 2 aromatic carbocycles. The summed E-state index contributed by atoms with van der Waals surface area (Å²) in [5, 5.41) is 0. The third-order valence-corrected chi connectivity index (χ3v) is 11.2. The monoisotopic (exact) mass is 636 g/mol. The molecule has 238 valence electrons. The van der Waals surface area contributed by atoms with Gasteiger partial charge in [-0.2, -0.15) is 8.61 Å². The van der Waals surface area contributed by atoms with Gasteiger partial charge in [-0.1, -0.05) is 113 Å². The fourth-order valence-corrected chi connectivity index (χ4v) is 7.84. The second-order valence-corrected chi connectivity index (χ2v) is 14.7. The molecule has 0 bridgehead atoms. The Bertz CT molecular complexity index is 1440. The maximum atomic E-state index is 13.9. The zero-order valence-electron chi connectivity index (χ0n) is 26.8. The number of sulfonamides is 2. The SMILES string of the molecule is C=C=C[C@@H](CCCCC)N(CC#CCN([C@@H](C=C=C)CCCCC)S(=O)(=O)c1ccc(C)cc1)S(=O)(=O)c1ccc(C)cc1. The molecule has 2 rings (SSSR count). The molecule has 2 aromatic rings. The van der Waals surface area contributed by atoms with Gasteiger partial charge in [0.05, 0.1) is 35.0 Å². The van der Waals surface area contributed by atoms with Crippen molar-refractivity contribution in [3.8, 4) is 11.8 Å². The Morgan fingerprint density at radius 3 is 1.27 bits per heavy atom. The summed E-state index contributed by atoms with van der Waals surface area (Å²) in [4.78, 5) is 0.358. The predicted octanol–water partition coefficient (Wildman–Crippen LogP) is 7.57. The molecule has 0 aromatic heterocycles. The Labute approximate surface area is 267 Å². The highest BCUT2D eigenvalue weighted by molar-refractivity contribution is 7.89.